The SMILES string of the molecule is c1ccc(-c2nc(-c3ccccc3)nc(N3C4CCCC5CCC6C7CNCCC7N(C7CCCNC73)C6C54)n2)cc1. The molecular formula is C35H43N7. The van der Waals surface area contributed by atoms with Gasteiger partial charge in [0.25, 0.3) is 0 Å². The molecule has 6 aliphatic rings. The number of piperidine rings is 2. The van der Waals surface area contributed by atoms with Crippen LogP contribution in [0.15, 0.2) is 60.7 Å². The van der Waals surface area contributed by atoms with E-state index in [0.717, 1.165) is 59.6 Å². The fraction of sp³-hybridized carbons (Fsp3) is 0.571. The van der Waals surface area contributed by atoms with Crippen molar-refractivity contribution < 1.29 is 0 Å². The van der Waals surface area contributed by atoms with Crippen LogP contribution in [0.3, 0.4) is 0 Å². The highest BCUT2D eigenvalue weighted by Gasteiger charge is 2.63. The van der Waals surface area contributed by atoms with Crippen molar-refractivity contribution in [3.8, 4) is 22.8 Å². The molecule has 4 saturated heterocycles. The van der Waals surface area contributed by atoms with E-state index < -0.39 is 0 Å². The summed E-state index contributed by atoms with van der Waals surface area (Å²) in [6, 6.07) is 23.4. The van der Waals surface area contributed by atoms with E-state index in [1.165, 1.54) is 57.9 Å². The summed E-state index contributed by atoms with van der Waals surface area (Å²) in [5.41, 5.74) is 2.11. The van der Waals surface area contributed by atoms with Gasteiger partial charge in [0.2, 0.25) is 5.95 Å². The Morgan fingerprint density at radius 3 is 2.14 bits per heavy atom. The molecule has 9 unspecified atom stereocenters. The summed E-state index contributed by atoms with van der Waals surface area (Å²) < 4.78 is 0. The predicted octanol–water partition coefficient (Wildman–Crippen LogP) is 4.96. The topological polar surface area (TPSA) is 69.2 Å². The summed E-state index contributed by atoms with van der Waals surface area (Å²) >= 11 is 0. The van der Waals surface area contributed by atoms with Crippen LogP contribution in [0.4, 0.5) is 5.95 Å². The van der Waals surface area contributed by atoms with Crippen LogP contribution in [0.5, 0.6) is 0 Å². The molecule has 0 spiro atoms. The van der Waals surface area contributed by atoms with Crippen molar-refractivity contribution in [1.82, 2.24) is 30.5 Å². The molecule has 0 bridgehead atoms. The zero-order chi connectivity index (χ0) is 27.6. The maximum atomic E-state index is 5.35. The fourth-order valence-electron chi connectivity index (χ4n) is 10.4. The van der Waals surface area contributed by atoms with Gasteiger partial charge in [-0.15, -0.1) is 0 Å². The zero-order valence-electron chi connectivity index (χ0n) is 24.5. The molecule has 5 heterocycles. The van der Waals surface area contributed by atoms with Gasteiger partial charge in [-0.3, -0.25) is 10.2 Å². The van der Waals surface area contributed by atoms with Gasteiger partial charge in [-0.25, -0.2) is 4.98 Å². The first kappa shape index (κ1) is 25.6. The fourth-order valence-corrected chi connectivity index (χ4v) is 10.4. The van der Waals surface area contributed by atoms with Crippen molar-refractivity contribution in [1.29, 1.82) is 0 Å². The maximum absolute atomic E-state index is 5.35. The summed E-state index contributed by atoms with van der Waals surface area (Å²) in [5.74, 6) is 5.58. The van der Waals surface area contributed by atoms with Gasteiger partial charge in [0, 0.05) is 35.3 Å². The molecule has 2 N–H and O–H groups in total. The monoisotopic (exact) mass is 561 g/mol. The number of hydrogen-bond donors (Lipinski definition) is 2. The smallest absolute Gasteiger partial charge is 0.231 e. The van der Waals surface area contributed by atoms with E-state index in [0.29, 0.717) is 30.1 Å². The Morgan fingerprint density at radius 2 is 1.38 bits per heavy atom. The minimum Gasteiger partial charge on any atom is -0.320 e. The molecule has 3 aromatic rings. The molecule has 0 radical (unpaired) electrons. The summed E-state index contributed by atoms with van der Waals surface area (Å²) in [6.07, 6.45) is 10.8. The first-order chi connectivity index (χ1) is 20.8. The average molecular weight is 562 g/mol. The Balaban J connectivity index is 1.23. The van der Waals surface area contributed by atoms with Gasteiger partial charge in [-0.05, 0) is 88.3 Å². The van der Waals surface area contributed by atoms with Crippen LogP contribution in [-0.2, 0) is 0 Å². The van der Waals surface area contributed by atoms with Crippen molar-refractivity contribution >= 4 is 5.95 Å². The highest BCUT2D eigenvalue weighted by molar-refractivity contribution is 5.63. The second-order valence-corrected chi connectivity index (χ2v) is 13.8. The number of nitrogens with one attached hydrogen (secondary N) is 2. The molecule has 218 valence electrons. The number of rotatable bonds is 3. The third-order valence-corrected chi connectivity index (χ3v) is 11.9. The lowest BCUT2D eigenvalue weighted by Gasteiger charge is -2.51. The molecule has 1 aromatic heterocycles. The van der Waals surface area contributed by atoms with Crippen molar-refractivity contribution in [2.24, 2.45) is 23.7 Å². The van der Waals surface area contributed by atoms with E-state index in [4.69, 9.17) is 15.0 Å². The summed E-state index contributed by atoms with van der Waals surface area (Å²) in [5, 5.41) is 7.89. The van der Waals surface area contributed by atoms with Crippen LogP contribution in [0.2, 0.25) is 0 Å². The first-order valence-corrected chi connectivity index (χ1v) is 16.7. The lowest BCUT2D eigenvalue weighted by atomic mass is 9.61. The number of hydrogen-bond acceptors (Lipinski definition) is 7. The normalized spacial score (nSPS) is 37.3. The van der Waals surface area contributed by atoms with Gasteiger partial charge in [-0.2, -0.15) is 9.97 Å². The van der Waals surface area contributed by atoms with Crippen LogP contribution in [0, 0.1) is 23.7 Å². The zero-order valence-corrected chi connectivity index (χ0v) is 24.5. The number of aromatic nitrogens is 3. The Kier molecular flexibility index (Phi) is 6.34. The average Bonchev–Trinajstić information content (AvgIpc) is 3.33. The largest absolute Gasteiger partial charge is 0.320 e. The second-order valence-electron chi connectivity index (χ2n) is 13.8. The standard InChI is InChI=1S/C35H43N7/c1-3-9-23(10-4-1)32-38-33(24-11-5-2-6-12-24)40-35(39-32)42-28-14-7-13-22-16-17-25-26-21-36-20-18-27(26)41(31(25)30(22)28)29-15-8-19-37-34(29)42/h1-6,9-12,22,25-31,34,36-37H,7-8,13-21H2. The molecule has 7 heteroatoms. The molecular weight excluding hydrogens is 518 g/mol. The Morgan fingerprint density at radius 1 is 0.643 bits per heavy atom. The molecule has 2 aromatic carbocycles. The van der Waals surface area contributed by atoms with Crippen molar-refractivity contribution in [3.63, 3.8) is 0 Å². The van der Waals surface area contributed by atoms with Crippen LogP contribution >= 0.6 is 0 Å². The number of anilines is 1. The number of nitrogens with zero attached hydrogens (tertiary/aromatic N) is 5. The lowest BCUT2D eigenvalue weighted by molar-refractivity contribution is 0.00970. The Bertz CT molecular complexity index is 1350. The van der Waals surface area contributed by atoms with Crippen LogP contribution in [0.1, 0.15) is 51.4 Å². The van der Waals surface area contributed by atoms with E-state index >= 15 is 0 Å². The first-order valence-electron chi connectivity index (χ1n) is 16.7. The van der Waals surface area contributed by atoms with Crippen molar-refractivity contribution in [3.05, 3.63) is 60.7 Å². The predicted molar refractivity (Wildman–Crippen MR) is 166 cm³/mol. The molecule has 2 aliphatic carbocycles. The minimum atomic E-state index is 0.233. The molecule has 7 nitrogen and oxygen atoms in total. The quantitative estimate of drug-likeness (QED) is 0.469. The summed E-state index contributed by atoms with van der Waals surface area (Å²) in [7, 11) is 0. The highest BCUT2D eigenvalue weighted by Crippen LogP contribution is 2.57. The van der Waals surface area contributed by atoms with Crippen molar-refractivity contribution in [2.45, 2.75) is 81.7 Å². The van der Waals surface area contributed by atoms with Gasteiger partial charge in [-0.1, -0.05) is 67.1 Å². The molecule has 42 heavy (non-hydrogen) atoms. The van der Waals surface area contributed by atoms with Gasteiger partial charge in [0.15, 0.2) is 11.6 Å². The summed E-state index contributed by atoms with van der Waals surface area (Å²) in [4.78, 5) is 21.6. The third kappa shape index (κ3) is 4.00. The summed E-state index contributed by atoms with van der Waals surface area (Å²) in [6.45, 7) is 3.45. The van der Waals surface area contributed by atoms with E-state index in [9.17, 15) is 0 Å². The lowest BCUT2D eigenvalue weighted by Crippen LogP contribution is -2.64. The molecule has 2 saturated carbocycles. The minimum absolute atomic E-state index is 0.233. The maximum Gasteiger partial charge on any atom is 0.231 e. The van der Waals surface area contributed by atoms with Gasteiger partial charge in [0.1, 0.15) is 0 Å². The van der Waals surface area contributed by atoms with Gasteiger partial charge < -0.3 is 10.2 Å². The van der Waals surface area contributed by atoms with Crippen LogP contribution in [0.25, 0.3) is 22.8 Å². The Labute approximate surface area is 249 Å². The van der Waals surface area contributed by atoms with Crippen LogP contribution in [-0.4, -0.2) is 69.8 Å². The van der Waals surface area contributed by atoms with E-state index in [1.54, 1.807) is 0 Å². The van der Waals surface area contributed by atoms with E-state index in [1.807, 2.05) is 0 Å². The second kappa shape index (κ2) is 10.4. The number of fused-ring (bicyclic) bond motifs is 5. The molecule has 0 amide bonds. The highest BCUT2D eigenvalue weighted by atomic mass is 15.4. The molecule has 9 rings (SSSR count). The van der Waals surface area contributed by atoms with Gasteiger partial charge in [0.05, 0.1) is 6.17 Å². The van der Waals surface area contributed by atoms with E-state index in [-0.39, 0.29) is 6.17 Å². The third-order valence-electron chi connectivity index (χ3n) is 11.9. The molecule has 9 atom stereocenters. The molecule has 6 fully saturated rings. The van der Waals surface area contributed by atoms with Crippen LogP contribution < -0.4 is 15.5 Å². The van der Waals surface area contributed by atoms with E-state index in [2.05, 4.69) is 81.1 Å². The van der Waals surface area contributed by atoms with Gasteiger partial charge >= 0.3 is 0 Å². The number of benzene rings is 2. The van der Waals surface area contributed by atoms with Crippen molar-refractivity contribution in [2.75, 3.05) is 24.5 Å². The molecule has 4 aliphatic heterocycles. The Hall–Kier alpha value is -2.87.